The first-order valence-corrected chi connectivity index (χ1v) is 6.79. The third kappa shape index (κ3) is 2.23. The number of pyridine rings is 1. The monoisotopic (exact) mass is 329 g/mol. The molecule has 1 aromatic heterocycles. The van der Waals surface area contributed by atoms with Gasteiger partial charge in [0.15, 0.2) is 5.78 Å². The average molecular weight is 330 g/mol. The Balaban J connectivity index is 2.18. The minimum atomic E-state index is -0.544. The van der Waals surface area contributed by atoms with Gasteiger partial charge in [-0.3, -0.25) is 9.78 Å². The summed E-state index contributed by atoms with van der Waals surface area (Å²) in [4.78, 5) is 16.7. The van der Waals surface area contributed by atoms with Crippen molar-refractivity contribution >= 4 is 32.6 Å². The van der Waals surface area contributed by atoms with E-state index in [0.717, 1.165) is 5.39 Å². The number of hydrogen-bond donors (Lipinski definition) is 0. The first-order valence-electron chi connectivity index (χ1n) is 6.00. The summed E-state index contributed by atoms with van der Waals surface area (Å²) in [6, 6.07) is 13.4. The summed E-state index contributed by atoms with van der Waals surface area (Å²) < 4.78 is 14.5. The summed E-state index contributed by atoms with van der Waals surface area (Å²) in [5.74, 6) is -0.906. The molecule has 0 bridgehead atoms. The van der Waals surface area contributed by atoms with Crippen LogP contribution in [-0.2, 0) is 0 Å². The summed E-state index contributed by atoms with van der Waals surface area (Å²) in [5.41, 5.74) is 1.04. The van der Waals surface area contributed by atoms with Gasteiger partial charge in [-0.2, -0.15) is 0 Å². The van der Waals surface area contributed by atoms with E-state index in [0.29, 0.717) is 15.6 Å². The lowest BCUT2D eigenvalue weighted by molar-refractivity contribution is 0.103. The second-order valence-electron chi connectivity index (χ2n) is 4.33. The molecule has 0 unspecified atom stereocenters. The normalized spacial score (nSPS) is 10.7. The molecule has 3 rings (SSSR count). The fourth-order valence-corrected chi connectivity index (χ4v) is 2.44. The van der Waals surface area contributed by atoms with Crippen LogP contribution in [0.1, 0.15) is 15.9 Å². The van der Waals surface area contributed by atoms with Gasteiger partial charge in [0, 0.05) is 21.6 Å². The van der Waals surface area contributed by atoms with E-state index in [1.165, 1.54) is 12.1 Å². The molecule has 0 aliphatic rings. The van der Waals surface area contributed by atoms with Crippen LogP contribution in [0.15, 0.2) is 59.2 Å². The Hall–Kier alpha value is -2.07. The molecule has 2 aromatic carbocycles. The number of aromatic nitrogens is 1. The topological polar surface area (TPSA) is 30.0 Å². The lowest BCUT2D eigenvalue weighted by Gasteiger charge is -2.06. The van der Waals surface area contributed by atoms with E-state index >= 15 is 0 Å². The first kappa shape index (κ1) is 12.9. The highest BCUT2D eigenvalue weighted by atomic mass is 79.9. The maximum atomic E-state index is 13.9. The number of fused-ring (bicyclic) bond motifs is 1. The number of carbonyl (C=O) groups is 1. The lowest BCUT2D eigenvalue weighted by atomic mass is 10.00. The maximum Gasteiger partial charge on any atom is 0.198 e. The number of halogens is 2. The van der Waals surface area contributed by atoms with Gasteiger partial charge in [-0.1, -0.05) is 34.1 Å². The molecule has 0 saturated carbocycles. The van der Waals surface area contributed by atoms with Crippen LogP contribution in [0.2, 0.25) is 0 Å². The largest absolute Gasteiger partial charge is 0.288 e. The molecule has 98 valence electrons. The van der Waals surface area contributed by atoms with Crippen LogP contribution in [0.5, 0.6) is 0 Å². The van der Waals surface area contributed by atoms with Crippen LogP contribution >= 0.6 is 15.9 Å². The van der Waals surface area contributed by atoms with Crippen molar-refractivity contribution in [3.05, 3.63) is 76.1 Å². The molecule has 20 heavy (non-hydrogen) atoms. The van der Waals surface area contributed by atoms with Gasteiger partial charge in [-0.15, -0.1) is 0 Å². The van der Waals surface area contributed by atoms with Crippen molar-refractivity contribution in [2.45, 2.75) is 0 Å². The van der Waals surface area contributed by atoms with Crippen LogP contribution in [0.4, 0.5) is 4.39 Å². The lowest BCUT2D eigenvalue weighted by Crippen LogP contribution is -2.05. The number of nitrogens with zero attached hydrogens (tertiary/aromatic N) is 1. The summed E-state index contributed by atoms with van der Waals surface area (Å²) in [6.45, 7) is 0. The van der Waals surface area contributed by atoms with Crippen LogP contribution < -0.4 is 0 Å². The van der Waals surface area contributed by atoms with E-state index in [9.17, 15) is 9.18 Å². The highest BCUT2D eigenvalue weighted by Crippen LogP contribution is 2.22. The van der Waals surface area contributed by atoms with Crippen molar-refractivity contribution in [3.63, 3.8) is 0 Å². The quantitative estimate of drug-likeness (QED) is 0.653. The predicted octanol–water partition coefficient (Wildman–Crippen LogP) is 4.37. The summed E-state index contributed by atoms with van der Waals surface area (Å²) in [5, 5.41) is 0.857. The van der Waals surface area contributed by atoms with Crippen molar-refractivity contribution < 1.29 is 9.18 Å². The zero-order chi connectivity index (χ0) is 14.1. The van der Waals surface area contributed by atoms with Crippen molar-refractivity contribution in [1.29, 1.82) is 0 Å². The number of ketones is 1. The Morgan fingerprint density at radius 3 is 2.65 bits per heavy atom. The van der Waals surface area contributed by atoms with Crippen LogP contribution in [-0.4, -0.2) is 10.8 Å². The molecule has 0 amide bonds. The van der Waals surface area contributed by atoms with Gasteiger partial charge in [-0.25, -0.2) is 4.39 Å². The van der Waals surface area contributed by atoms with E-state index in [4.69, 9.17) is 0 Å². The van der Waals surface area contributed by atoms with Gasteiger partial charge >= 0.3 is 0 Å². The summed E-state index contributed by atoms with van der Waals surface area (Å²) >= 11 is 3.18. The van der Waals surface area contributed by atoms with Gasteiger partial charge in [0.25, 0.3) is 0 Å². The fraction of sp³-hybridized carbons (Fsp3) is 0. The number of hydrogen-bond acceptors (Lipinski definition) is 2. The SMILES string of the molecule is O=C(c1ccc(Br)cc1F)c1cccc2cccnc12. The van der Waals surface area contributed by atoms with Gasteiger partial charge in [-0.05, 0) is 30.3 Å². The number of para-hydroxylation sites is 1. The molecule has 2 nitrogen and oxygen atoms in total. The molecule has 0 radical (unpaired) electrons. The highest BCUT2D eigenvalue weighted by Gasteiger charge is 2.17. The van der Waals surface area contributed by atoms with E-state index in [1.807, 2.05) is 12.1 Å². The molecule has 0 atom stereocenters. The van der Waals surface area contributed by atoms with E-state index in [1.54, 1.807) is 30.5 Å². The molecule has 0 aliphatic heterocycles. The predicted molar refractivity (Wildman–Crippen MR) is 79.3 cm³/mol. The van der Waals surface area contributed by atoms with Crippen LogP contribution in [0, 0.1) is 5.82 Å². The molecule has 1 heterocycles. The molecule has 4 heteroatoms. The Morgan fingerprint density at radius 2 is 1.85 bits per heavy atom. The van der Waals surface area contributed by atoms with Crippen molar-refractivity contribution in [2.75, 3.05) is 0 Å². The zero-order valence-corrected chi connectivity index (χ0v) is 11.9. The number of benzene rings is 2. The summed E-state index contributed by atoms with van der Waals surface area (Å²) in [7, 11) is 0. The fourth-order valence-electron chi connectivity index (χ4n) is 2.11. The smallest absolute Gasteiger partial charge is 0.198 e. The molecule has 0 saturated heterocycles. The third-order valence-electron chi connectivity index (χ3n) is 3.05. The van der Waals surface area contributed by atoms with Crippen molar-refractivity contribution in [1.82, 2.24) is 4.98 Å². The standard InChI is InChI=1S/C16H9BrFNO/c17-11-6-7-12(14(18)9-11)16(20)13-5-1-3-10-4-2-8-19-15(10)13/h1-9H. The van der Waals surface area contributed by atoms with E-state index in [2.05, 4.69) is 20.9 Å². The highest BCUT2D eigenvalue weighted by molar-refractivity contribution is 9.10. The second-order valence-corrected chi connectivity index (χ2v) is 5.25. The molecular weight excluding hydrogens is 321 g/mol. The van der Waals surface area contributed by atoms with Gasteiger partial charge in [0.05, 0.1) is 11.1 Å². The minimum Gasteiger partial charge on any atom is -0.288 e. The number of carbonyl (C=O) groups excluding carboxylic acids is 1. The van der Waals surface area contributed by atoms with Crippen molar-refractivity contribution in [3.8, 4) is 0 Å². The van der Waals surface area contributed by atoms with Gasteiger partial charge in [0.2, 0.25) is 0 Å². The van der Waals surface area contributed by atoms with E-state index in [-0.39, 0.29) is 11.3 Å². The Morgan fingerprint density at radius 1 is 1.05 bits per heavy atom. The Labute approximate surface area is 123 Å². The average Bonchev–Trinajstić information content (AvgIpc) is 2.46. The number of rotatable bonds is 2. The van der Waals surface area contributed by atoms with Crippen LogP contribution in [0.3, 0.4) is 0 Å². The Kier molecular flexibility index (Phi) is 3.32. The zero-order valence-electron chi connectivity index (χ0n) is 10.3. The minimum absolute atomic E-state index is 0.0475. The Bertz CT molecular complexity index is 811. The van der Waals surface area contributed by atoms with E-state index < -0.39 is 5.82 Å². The molecular formula is C16H9BrFNO. The summed E-state index contributed by atoms with van der Waals surface area (Å²) in [6.07, 6.45) is 1.62. The molecule has 3 aromatic rings. The third-order valence-corrected chi connectivity index (χ3v) is 3.55. The molecule has 0 aliphatic carbocycles. The van der Waals surface area contributed by atoms with Gasteiger partial charge in [0.1, 0.15) is 5.82 Å². The first-order chi connectivity index (χ1) is 9.66. The second kappa shape index (κ2) is 5.13. The van der Waals surface area contributed by atoms with Crippen molar-refractivity contribution in [2.24, 2.45) is 0 Å². The molecule has 0 fully saturated rings. The maximum absolute atomic E-state index is 13.9. The van der Waals surface area contributed by atoms with Gasteiger partial charge < -0.3 is 0 Å². The molecule has 0 N–H and O–H groups in total. The van der Waals surface area contributed by atoms with Crippen LogP contribution in [0.25, 0.3) is 10.9 Å². The molecule has 0 spiro atoms.